The average Bonchev–Trinajstić information content (AvgIpc) is 3.19. The van der Waals surface area contributed by atoms with Gasteiger partial charge < -0.3 is 66.3 Å². The van der Waals surface area contributed by atoms with E-state index in [-0.39, 0.29) is 0 Å². The molecule has 0 aromatic heterocycles. The fourth-order valence-electron chi connectivity index (χ4n) is 5.41. The van der Waals surface area contributed by atoms with E-state index < -0.39 is 37.0 Å². The van der Waals surface area contributed by atoms with E-state index in [1.165, 1.54) is 0 Å². The van der Waals surface area contributed by atoms with Gasteiger partial charge in [-0.3, -0.25) is 0 Å². The summed E-state index contributed by atoms with van der Waals surface area (Å²) in [6.45, 7) is 8.03. The molecule has 2 aliphatic rings. The zero-order valence-electron chi connectivity index (χ0n) is 30.7. The highest BCUT2D eigenvalue weighted by Gasteiger charge is 2.46. The maximum absolute atomic E-state index is 6.66. The highest BCUT2D eigenvalue weighted by Crippen LogP contribution is 2.36. The van der Waals surface area contributed by atoms with E-state index in [0.717, 1.165) is 11.1 Å². The summed E-state index contributed by atoms with van der Waals surface area (Å²) in [7, 11) is 3.29. The SMILES string of the molecule is COCCOCCOCCOCCO[C@@H]1COC(c2ccccc2)OC1[C@@H]1OC(c2ccccc2)OC[C@H]1OCCOCCOCCOCCOC. The van der Waals surface area contributed by atoms with E-state index in [9.17, 15) is 0 Å². The summed E-state index contributed by atoms with van der Waals surface area (Å²) in [6, 6.07) is 19.7. The minimum atomic E-state index is -0.603. The van der Waals surface area contributed by atoms with Gasteiger partial charge in [-0.2, -0.15) is 0 Å². The lowest BCUT2D eigenvalue weighted by Gasteiger charge is -2.45. The quantitative estimate of drug-likeness (QED) is 0.113. The highest BCUT2D eigenvalue weighted by molar-refractivity contribution is 5.18. The van der Waals surface area contributed by atoms with Crippen molar-refractivity contribution in [2.75, 3.05) is 133 Å². The van der Waals surface area contributed by atoms with Crippen LogP contribution in [0.1, 0.15) is 23.7 Å². The van der Waals surface area contributed by atoms with Crippen LogP contribution in [0.15, 0.2) is 60.7 Å². The van der Waals surface area contributed by atoms with E-state index >= 15 is 0 Å². The number of rotatable bonds is 29. The Balaban J connectivity index is 1.29. The van der Waals surface area contributed by atoms with Crippen molar-refractivity contribution >= 4 is 0 Å². The van der Waals surface area contributed by atoms with E-state index in [2.05, 4.69) is 0 Å². The lowest BCUT2D eigenvalue weighted by molar-refractivity contribution is -0.340. The van der Waals surface area contributed by atoms with Crippen molar-refractivity contribution in [1.29, 1.82) is 0 Å². The molecule has 2 aromatic carbocycles. The van der Waals surface area contributed by atoms with Gasteiger partial charge in [-0.15, -0.1) is 0 Å². The first-order valence-corrected chi connectivity index (χ1v) is 18.1. The van der Waals surface area contributed by atoms with Crippen LogP contribution in [0.2, 0.25) is 0 Å². The summed E-state index contributed by atoms with van der Waals surface area (Å²) in [5.41, 5.74) is 1.80. The molecule has 0 amide bonds. The Labute approximate surface area is 308 Å². The predicted molar refractivity (Wildman–Crippen MR) is 188 cm³/mol. The van der Waals surface area contributed by atoms with Crippen LogP contribution in [0, 0.1) is 0 Å². The van der Waals surface area contributed by atoms with Gasteiger partial charge in [-0.05, 0) is 0 Å². The van der Waals surface area contributed by atoms with Crippen LogP contribution in [-0.2, 0) is 66.3 Å². The maximum atomic E-state index is 6.66. The minimum Gasteiger partial charge on any atom is -0.382 e. The lowest BCUT2D eigenvalue weighted by atomic mass is 10.00. The molecule has 0 spiro atoms. The van der Waals surface area contributed by atoms with E-state index in [4.69, 9.17) is 66.3 Å². The van der Waals surface area contributed by atoms with E-state index in [1.54, 1.807) is 14.2 Å². The molecule has 6 atom stereocenters. The maximum Gasteiger partial charge on any atom is 0.184 e. The van der Waals surface area contributed by atoms with E-state index in [1.807, 2.05) is 60.7 Å². The number of methoxy groups -OCH3 is 2. The molecular formula is C38H58O14. The molecule has 0 radical (unpaired) electrons. The van der Waals surface area contributed by atoms with Crippen molar-refractivity contribution in [3.63, 3.8) is 0 Å². The Kier molecular flexibility index (Phi) is 22.5. The molecule has 2 fully saturated rings. The molecule has 52 heavy (non-hydrogen) atoms. The van der Waals surface area contributed by atoms with E-state index in [0.29, 0.717) is 119 Å². The number of benzene rings is 2. The highest BCUT2D eigenvalue weighted by atomic mass is 16.7. The Morgan fingerprint density at radius 3 is 1.06 bits per heavy atom. The smallest absolute Gasteiger partial charge is 0.184 e. The van der Waals surface area contributed by atoms with Gasteiger partial charge in [0, 0.05) is 25.3 Å². The molecule has 294 valence electrons. The molecule has 2 aromatic rings. The first-order valence-electron chi connectivity index (χ1n) is 18.1. The summed E-state index contributed by atoms with van der Waals surface area (Å²) in [4.78, 5) is 0. The predicted octanol–water partition coefficient (Wildman–Crippen LogP) is 3.38. The molecule has 14 heteroatoms. The molecule has 2 saturated heterocycles. The molecule has 14 nitrogen and oxygen atoms in total. The molecule has 0 aliphatic carbocycles. The van der Waals surface area contributed by atoms with Gasteiger partial charge in [-0.25, -0.2) is 0 Å². The van der Waals surface area contributed by atoms with Gasteiger partial charge in [0.25, 0.3) is 0 Å². The molecule has 0 bridgehead atoms. The molecule has 4 rings (SSSR count). The number of hydrogen-bond acceptors (Lipinski definition) is 14. The van der Waals surface area contributed by atoms with Crippen LogP contribution < -0.4 is 0 Å². The zero-order chi connectivity index (χ0) is 36.3. The van der Waals surface area contributed by atoms with Crippen LogP contribution in [-0.4, -0.2) is 158 Å². The topological polar surface area (TPSA) is 129 Å². The normalized spacial score (nSPS) is 23.6. The summed E-state index contributed by atoms with van der Waals surface area (Å²) in [5.74, 6) is 0. The zero-order valence-corrected chi connectivity index (χ0v) is 30.7. The van der Waals surface area contributed by atoms with Gasteiger partial charge in [0.1, 0.15) is 24.4 Å². The van der Waals surface area contributed by atoms with Crippen molar-refractivity contribution in [2.45, 2.75) is 37.0 Å². The average molecular weight is 739 g/mol. The second kappa shape index (κ2) is 27.5. The van der Waals surface area contributed by atoms with Crippen molar-refractivity contribution in [3.05, 3.63) is 71.8 Å². The third-order valence-corrected chi connectivity index (χ3v) is 8.06. The second-order valence-corrected chi connectivity index (χ2v) is 11.8. The van der Waals surface area contributed by atoms with Crippen molar-refractivity contribution in [3.8, 4) is 0 Å². The van der Waals surface area contributed by atoms with Gasteiger partial charge in [0.2, 0.25) is 0 Å². The van der Waals surface area contributed by atoms with Crippen LogP contribution in [0.4, 0.5) is 0 Å². The Morgan fingerprint density at radius 2 is 0.731 bits per heavy atom. The van der Waals surface area contributed by atoms with Crippen molar-refractivity contribution in [2.24, 2.45) is 0 Å². The van der Waals surface area contributed by atoms with Crippen molar-refractivity contribution in [1.82, 2.24) is 0 Å². The Morgan fingerprint density at radius 1 is 0.423 bits per heavy atom. The molecule has 0 saturated carbocycles. The summed E-state index contributed by atoms with van der Waals surface area (Å²) in [6.07, 6.45) is -3.20. The number of ether oxygens (including phenoxy) is 14. The third kappa shape index (κ3) is 16.5. The van der Waals surface area contributed by atoms with Crippen LogP contribution in [0.5, 0.6) is 0 Å². The fraction of sp³-hybridized carbons (Fsp3) is 0.684. The first kappa shape index (κ1) is 42.6. The first-order chi connectivity index (χ1) is 25.8. The Hall–Kier alpha value is -2.12. The largest absolute Gasteiger partial charge is 0.382 e. The summed E-state index contributed by atoms with van der Waals surface area (Å²) in [5, 5.41) is 0. The van der Waals surface area contributed by atoms with Crippen LogP contribution >= 0.6 is 0 Å². The standard InChI is InChI=1S/C38H58O14/c1-39-13-15-41-17-19-43-21-23-45-25-27-47-33-29-49-37(31-9-5-3-6-10-31)51-35(33)36-34(30-50-38(52-36)32-11-7-4-8-12-32)48-28-26-46-24-22-44-20-18-42-16-14-40-2/h3-12,33-38H,13-30H2,1-2H3/t33-,34-,35-,36?,37?,38?/m1/s1. The monoisotopic (exact) mass is 738 g/mol. The molecule has 0 N–H and O–H groups in total. The van der Waals surface area contributed by atoms with Gasteiger partial charge in [0.05, 0.1) is 119 Å². The third-order valence-electron chi connectivity index (χ3n) is 8.06. The Bertz CT molecular complexity index is 1030. The number of hydrogen-bond donors (Lipinski definition) is 0. The fourth-order valence-corrected chi connectivity index (χ4v) is 5.41. The van der Waals surface area contributed by atoms with Gasteiger partial charge >= 0.3 is 0 Å². The molecule has 3 unspecified atom stereocenters. The second-order valence-electron chi connectivity index (χ2n) is 11.8. The van der Waals surface area contributed by atoms with Gasteiger partial charge in [0.15, 0.2) is 12.6 Å². The van der Waals surface area contributed by atoms with Crippen LogP contribution in [0.25, 0.3) is 0 Å². The summed E-state index contributed by atoms with van der Waals surface area (Å²) < 4.78 is 81.7. The molecular weight excluding hydrogens is 680 g/mol. The molecule has 2 aliphatic heterocycles. The van der Waals surface area contributed by atoms with Gasteiger partial charge in [-0.1, -0.05) is 60.7 Å². The lowest BCUT2D eigenvalue weighted by Crippen LogP contribution is -2.57. The minimum absolute atomic E-state index is 0.292. The molecule has 2 heterocycles. The van der Waals surface area contributed by atoms with Crippen molar-refractivity contribution < 1.29 is 66.3 Å². The summed E-state index contributed by atoms with van der Waals surface area (Å²) >= 11 is 0. The van der Waals surface area contributed by atoms with Crippen LogP contribution in [0.3, 0.4) is 0 Å².